The molecule has 0 aromatic carbocycles. The first-order valence-corrected chi connectivity index (χ1v) is 6.70. The van der Waals surface area contributed by atoms with Crippen molar-refractivity contribution in [2.75, 3.05) is 44.1 Å². The van der Waals surface area contributed by atoms with Gasteiger partial charge in [0.15, 0.2) is 5.82 Å². The smallest absolute Gasteiger partial charge is 0.239 e. The molecule has 0 bridgehead atoms. The number of nitrogens with two attached hydrogens (primary N) is 1. The van der Waals surface area contributed by atoms with E-state index in [2.05, 4.69) is 39.0 Å². The number of likely N-dealkylation sites (N-methyl/N-ethyl adjacent to an activating group) is 1. The molecule has 0 unspecified atom stereocenters. The Labute approximate surface area is 119 Å². The summed E-state index contributed by atoms with van der Waals surface area (Å²) >= 11 is 6.20. The summed E-state index contributed by atoms with van der Waals surface area (Å²) in [6, 6.07) is 0. The van der Waals surface area contributed by atoms with Gasteiger partial charge in [-0.05, 0) is 20.0 Å². The number of aromatic nitrogens is 2. The van der Waals surface area contributed by atoms with Crippen LogP contribution < -0.4 is 16.2 Å². The summed E-state index contributed by atoms with van der Waals surface area (Å²) in [5, 5.41) is 0.540. The van der Waals surface area contributed by atoms with Crippen molar-refractivity contribution in [2.24, 2.45) is 11.8 Å². The molecule has 0 amide bonds. The van der Waals surface area contributed by atoms with Crippen LogP contribution in [0.25, 0.3) is 0 Å². The van der Waals surface area contributed by atoms with E-state index in [0.29, 0.717) is 16.9 Å². The van der Waals surface area contributed by atoms with Gasteiger partial charge in [-0.15, -0.1) is 0 Å². The Morgan fingerprint density at radius 2 is 2.05 bits per heavy atom. The Kier molecular flexibility index (Phi) is 6.27. The first kappa shape index (κ1) is 15.9. The number of hydrogen-bond acceptors (Lipinski definition) is 6. The molecule has 1 aromatic rings. The van der Waals surface area contributed by atoms with Crippen molar-refractivity contribution in [1.29, 1.82) is 0 Å². The number of nitrogen functional groups attached to an aromatic ring is 1. The largest absolute Gasteiger partial charge is 0.354 e. The molecule has 0 saturated heterocycles. The zero-order chi connectivity index (χ0) is 14.4. The normalized spacial score (nSPS) is 11.2. The Morgan fingerprint density at radius 1 is 1.37 bits per heavy atom. The second-order valence-corrected chi connectivity index (χ2v) is 5.56. The minimum Gasteiger partial charge on any atom is -0.354 e. The number of anilines is 2. The van der Waals surface area contributed by atoms with Crippen LogP contribution in [0.1, 0.15) is 13.8 Å². The zero-order valence-corrected chi connectivity index (χ0v) is 12.8. The number of hydrogen-bond donors (Lipinski definition) is 2. The average Bonchev–Trinajstić information content (AvgIpc) is 2.34. The second-order valence-electron chi connectivity index (χ2n) is 5.15. The highest BCUT2D eigenvalue weighted by molar-refractivity contribution is 6.32. The van der Waals surface area contributed by atoms with Crippen molar-refractivity contribution in [2.45, 2.75) is 13.8 Å². The minimum atomic E-state index is 0.373. The fourth-order valence-electron chi connectivity index (χ4n) is 1.69. The van der Waals surface area contributed by atoms with Crippen molar-refractivity contribution in [3.8, 4) is 0 Å². The molecular formula is C12H23ClN6. The molecule has 0 aliphatic rings. The molecule has 1 rings (SSSR count). The summed E-state index contributed by atoms with van der Waals surface area (Å²) in [5.74, 6) is 6.96. The highest BCUT2D eigenvalue weighted by atomic mass is 35.5. The molecule has 6 nitrogen and oxygen atoms in total. The summed E-state index contributed by atoms with van der Waals surface area (Å²) in [6.07, 6.45) is 1.57. The summed E-state index contributed by atoms with van der Waals surface area (Å²) in [4.78, 5) is 12.6. The summed E-state index contributed by atoms with van der Waals surface area (Å²) in [6.45, 7) is 7.00. The van der Waals surface area contributed by atoms with Crippen LogP contribution in [-0.4, -0.2) is 48.6 Å². The highest BCUT2D eigenvalue weighted by Crippen LogP contribution is 2.24. The van der Waals surface area contributed by atoms with E-state index in [0.717, 1.165) is 25.5 Å². The van der Waals surface area contributed by atoms with Gasteiger partial charge < -0.3 is 9.80 Å². The molecule has 1 heterocycles. The lowest BCUT2D eigenvalue weighted by atomic mass is 10.2. The number of hydrazine groups is 1. The van der Waals surface area contributed by atoms with Gasteiger partial charge in [0.25, 0.3) is 0 Å². The van der Waals surface area contributed by atoms with Crippen molar-refractivity contribution in [3.05, 3.63) is 11.2 Å². The Hall–Kier alpha value is -1.11. The predicted molar refractivity (Wildman–Crippen MR) is 80.5 cm³/mol. The van der Waals surface area contributed by atoms with Gasteiger partial charge in [-0.25, -0.2) is 10.8 Å². The van der Waals surface area contributed by atoms with Crippen molar-refractivity contribution in [1.82, 2.24) is 14.9 Å². The van der Waals surface area contributed by atoms with E-state index in [-0.39, 0.29) is 0 Å². The number of rotatable bonds is 7. The van der Waals surface area contributed by atoms with E-state index in [1.165, 1.54) is 0 Å². The first-order chi connectivity index (χ1) is 8.93. The van der Waals surface area contributed by atoms with Crippen LogP contribution in [-0.2, 0) is 0 Å². The molecular weight excluding hydrogens is 264 g/mol. The van der Waals surface area contributed by atoms with Gasteiger partial charge in [0.1, 0.15) is 5.02 Å². The van der Waals surface area contributed by atoms with Crippen LogP contribution >= 0.6 is 11.6 Å². The third kappa shape index (κ3) is 5.18. The number of nitrogens with one attached hydrogen (secondary N) is 1. The maximum absolute atomic E-state index is 6.20. The molecule has 0 aliphatic carbocycles. The van der Waals surface area contributed by atoms with Gasteiger partial charge in [-0.1, -0.05) is 25.4 Å². The third-order valence-electron chi connectivity index (χ3n) is 2.56. The van der Waals surface area contributed by atoms with Crippen molar-refractivity contribution < 1.29 is 0 Å². The Morgan fingerprint density at radius 3 is 2.58 bits per heavy atom. The predicted octanol–water partition coefficient (Wildman–Crippen LogP) is 1.44. The van der Waals surface area contributed by atoms with E-state index in [1.807, 2.05) is 14.1 Å². The van der Waals surface area contributed by atoms with Crippen molar-refractivity contribution >= 4 is 23.4 Å². The molecule has 0 saturated carbocycles. The van der Waals surface area contributed by atoms with Crippen molar-refractivity contribution in [3.63, 3.8) is 0 Å². The molecule has 7 heteroatoms. The molecule has 108 valence electrons. The minimum absolute atomic E-state index is 0.373. The van der Waals surface area contributed by atoms with E-state index < -0.39 is 0 Å². The van der Waals surface area contributed by atoms with E-state index in [9.17, 15) is 0 Å². The second kappa shape index (κ2) is 7.47. The van der Waals surface area contributed by atoms with Crippen LogP contribution in [0.3, 0.4) is 0 Å². The van der Waals surface area contributed by atoms with Gasteiger partial charge in [-0.2, -0.15) is 4.98 Å². The maximum Gasteiger partial charge on any atom is 0.239 e. The van der Waals surface area contributed by atoms with Crippen LogP contribution in [0.2, 0.25) is 5.02 Å². The van der Waals surface area contributed by atoms with Gasteiger partial charge in [0.05, 0.1) is 6.20 Å². The SMILES string of the molecule is CC(C)CN(CCN(C)C)c1nc(NN)ncc1Cl. The van der Waals surface area contributed by atoms with Gasteiger partial charge in [0, 0.05) is 19.6 Å². The fraction of sp³-hybridized carbons (Fsp3) is 0.667. The number of nitrogens with zero attached hydrogens (tertiary/aromatic N) is 4. The maximum atomic E-state index is 6.20. The first-order valence-electron chi connectivity index (χ1n) is 6.33. The Bertz CT molecular complexity index is 396. The van der Waals surface area contributed by atoms with Crippen LogP contribution in [0.5, 0.6) is 0 Å². The molecule has 19 heavy (non-hydrogen) atoms. The summed E-state index contributed by atoms with van der Waals surface area (Å²) in [7, 11) is 4.09. The van der Waals surface area contributed by atoms with Crippen LogP contribution in [0.4, 0.5) is 11.8 Å². The quantitative estimate of drug-likeness (QED) is 0.584. The van der Waals surface area contributed by atoms with Crippen LogP contribution in [0, 0.1) is 5.92 Å². The van der Waals surface area contributed by atoms with Crippen LogP contribution in [0.15, 0.2) is 6.20 Å². The molecule has 3 N–H and O–H groups in total. The molecule has 1 aromatic heterocycles. The standard InChI is InChI=1S/C12H23ClN6/c1-9(2)8-19(6-5-18(3)4)11-10(13)7-15-12(16-11)17-14/h7,9H,5-6,8,14H2,1-4H3,(H,15,16,17). The van der Waals surface area contributed by atoms with E-state index >= 15 is 0 Å². The zero-order valence-electron chi connectivity index (χ0n) is 12.0. The monoisotopic (exact) mass is 286 g/mol. The van der Waals surface area contributed by atoms with Gasteiger partial charge in [0.2, 0.25) is 5.95 Å². The molecule has 0 spiro atoms. The highest BCUT2D eigenvalue weighted by Gasteiger charge is 2.15. The Balaban J connectivity index is 2.94. The van der Waals surface area contributed by atoms with E-state index in [1.54, 1.807) is 6.20 Å². The molecule has 0 radical (unpaired) electrons. The summed E-state index contributed by atoms with van der Waals surface area (Å²) in [5.41, 5.74) is 2.45. The van der Waals surface area contributed by atoms with Gasteiger partial charge >= 0.3 is 0 Å². The topological polar surface area (TPSA) is 70.3 Å². The average molecular weight is 287 g/mol. The van der Waals surface area contributed by atoms with Gasteiger partial charge in [-0.3, -0.25) is 5.43 Å². The lowest BCUT2D eigenvalue weighted by Gasteiger charge is -2.27. The number of halogens is 1. The molecule has 0 atom stereocenters. The lowest BCUT2D eigenvalue weighted by molar-refractivity contribution is 0.408. The fourth-order valence-corrected chi connectivity index (χ4v) is 1.91. The molecule has 0 fully saturated rings. The third-order valence-corrected chi connectivity index (χ3v) is 2.82. The summed E-state index contributed by atoms with van der Waals surface area (Å²) < 4.78 is 0. The lowest BCUT2D eigenvalue weighted by Crippen LogP contribution is -2.35. The van der Waals surface area contributed by atoms with E-state index in [4.69, 9.17) is 17.4 Å². The molecule has 0 aliphatic heterocycles.